The minimum atomic E-state index is 0. The van der Waals surface area contributed by atoms with E-state index < -0.39 is 0 Å². The Kier molecular flexibility index (Phi) is 10.1. The first-order chi connectivity index (χ1) is 11.3. The van der Waals surface area contributed by atoms with Gasteiger partial charge in [0.05, 0.1) is 13.2 Å². The Morgan fingerprint density at radius 3 is 2.46 bits per heavy atom. The van der Waals surface area contributed by atoms with Crippen LogP contribution in [-0.2, 0) is 11.2 Å². The summed E-state index contributed by atoms with van der Waals surface area (Å²) in [6.45, 7) is 5.76. The molecule has 0 unspecified atom stereocenters. The average Bonchev–Trinajstić information content (AvgIpc) is 2.60. The van der Waals surface area contributed by atoms with Gasteiger partial charge in [-0.25, -0.2) is 0 Å². The Bertz CT molecular complexity index is 486. The summed E-state index contributed by atoms with van der Waals surface area (Å²) in [5.41, 5.74) is 1.30. The number of rotatable bonds is 6. The Morgan fingerprint density at radius 2 is 1.92 bits per heavy atom. The highest BCUT2D eigenvalue weighted by atomic mass is 127. The maximum Gasteiger partial charge on any atom is 0.193 e. The van der Waals surface area contributed by atoms with Gasteiger partial charge in [-0.2, -0.15) is 0 Å². The van der Waals surface area contributed by atoms with Gasteiger partial charge in [-0.3, -0.25) is 4.99 Å². The lowest BCUT2D eigenvalue weighted by molar-refractivity contribution is 0.0264. The number of benzene rings is 1. The van der Waals surface area contributed by atoms with Gasteiger partial charge in [0.25, 0.3) is 0 Å². The number of piperidine rings is 1. The van der Waals surface area contributed by atoms with Gasteiger partial charge >= 0.3 is 0 Å². The van der Waals surface area contributed by atoms with Crippen LogP contribution in [0.5, 0.6) is 5.75 Å². The first kappa shape index (κ1) is 21.0. The summed E-state index contributed by atoms with van der Waals surface area (Å²) in [5.74, 6) is 1.89. The lowest BCUT2D eigenvalue weighted by atomic mass is 10.1. The third kappa shape index (κ3) is 6.47. The second-order valence-corrected chi connectivity index (χ2v) is 5.71. The van der Waals surface area contributed by atoms with Crippen molar-refractivity contribution >= 4 is 29.9 Å². The zero-order valence-corrected chi connectivity index (χ0v) is 17.3. The summed E-state index contributed by atoms with van der Waals surface area (Å²) in [7, 11) is 3.54. The number of methoxy groups -OCH3 is 1. The van der Waals surface area contributed by atoms with E-state index in [9.17, 15) is 0 Å². The molecule has 1 aliphatic rings. The van der Waals surface area contributed by atoms with Gasteiger partial charge in [0.1, 0.15) is 5.75 Å². The molecule has 0 atom stereocenters. The molecule has 5 nitrogen and oxygen atoms in total. The van der Waals surface area contributed by atoms with E-state index in [1.165, 1.54) is 5.56 Å². The normalized spacial score (nSPS) is 15.8. The summed E-state index contributed by atoms with van der Waals surface area (Å²) >= 11 is 0. The van der Waals surface area contributed by atoms with Crippen molar-refractivity contribution in [1.82, 2.24) is 10.2 Å². The Hall–Kier alpha value is -1.02. The number of hydrogen-bond donors (Lipinski definition) is 1. The van der Waals surface area contributed by atoms with E-state index in [1.54, 1.807) is 7.11 Å². The van der Waals surface area contributed by atoms with Gasteiger partial charge in [-0.15, -0.1) is 24.0 Å². The van der Waals surface area contributed by atoms with Gasteiger partial charge in [-0.1, -0.05) is 12.1 Å². The van der Waals surface area contributed by atoms with Crippen molar-refractivity contribution in [3.63, 3.8) is 0 Å². The number of ether oxygens (including phenoxy) is 2. The summed E-state index contributed by atoms with van der Waals surface area (Å²) < 4.78 is 10.9. The van der Waals surface area contributed by atoms with Gasteiger partial charge in [0, 0.05) is 33.3 Å². The highest BCUT2D eigenvalue weighted by molar-refractivity contribution is 14.0. The number of nitrogens with zero attached hydrogens (tertiary/aromatic N) is 2. The van der Waals surface area contributed by atoms with Crippen LogP contribution >= 0.6 is 24.0 Å². The lowest BCUT2D eigenvalue weighted by Gasteiger charge is -2.34. The molecule has 6 heteroatoms. The number of hydrogen-bond acceptors (Lipinski definition) is 3. The van der Waals surface area contributed by atoms with Crippen molar-refractivity contribution in [2.45, 2.75) is 32.3 Å². The molecule has 1 aromatic carbocycles. The molecule has 1 N–H and O–H groups in total. The predicted molar refractivity (Wildman–Crippen MR) is 110 cm³/mol. The zero-order valence-electron chi connectivity index (χ0n) is 15.0. The number of likely N-dealkylation sites (tertiary alicyclic amines) is 1. The van der Waals surface area contributed by atoms with E-state index in [2.05, 4.69) is 34.3 Å². The lowest BCUT2D eigenvalue weighted by Crippen LogP contribution is -2.47. The number of nitrogens with one attached hydrogen (secondary N) is 1. The molecule has 136 valence electrons. The predicted octanol–water partition coefficient (Wildman–Crippen LogP) is 2.93. The third-order valence-electron chi connectivity index (χ3n) is 4.21. The Balaban J connectivity index is 0.00000288. The monoisotopic (exact) mass is 447 g/mol. The molecular weight excluding hydrogens is 417 g/mol. The molecule has 1 saturated heterocycles. The van der Waals surface area contributed by atoms with Crippen molar-refractivity contribution in [2.24, 2.45) is 4.99 Å². The fourth-order valence-electron chi connectivity index (χ4n) is 2.91. The maximum absolute atomic E-state index is 5.71. The molecule has 0 aliphatic carbocycles. The SMILES string of the molecule is CCOC1CCN(C(=NC)NCCc2ccc(OC)cc2)CC1.I. The fourth-order valence-corrected chi connectivity index (χ4v) is 2.91. The van der Waals surface area contributed by atoms with Crippen molar-refractivity contribution in [2.75, 3.05) is 40.4 Å². The third-order valence-corrected chi connectivity index (χ3v) is 4.21. The zero-order chi connectivity index (χ0) is 16.5. The van der Waals surface area contributed by atoms with Gasteiger partial charge in [-0.05, 0) is 43.9 Å². The van der Waals surface area contributed by atoms with Gasteiger partial charge < -0.3 is 19.7 Å². The maximum atomic E-state index is 5.71. The second-order valence-electron chi connectivity index (χ2n) is 5.71. The Labute approximate surface area is 162 Å². The minimum absolute atomic E-state index is 0. The van der Waals surface area contributed by atoms with Crippen LogP contribution in [0.25, 0.3) is 0 Å². The molecule has 0 spiro atoms. The molecule has 2 rings (SSSR count). The number of aliphatic imine (C=N–C) groups is 1. The standard InChI is InChI=1S/C18H29N3O2.HI/c1-4-23-17-10-13-21(14-11-17)18(19-2)20-12-9-15-5-7-16(22-3)8-6-15;/h5-8,17H,4,9-14H2,1-3H3,(H,19,20);1H. The van der Waals surface area contributed by atoms with E-state index in [1.807, 2.05) is 19.2 Å². The molecule has 0 radical (unpaired) electrons. The molecule has 0 aromatic heterocycles. The van der Waals surface area contributed by atoms with Gasteiger partial charge in [0.15, 0.2) is 5.96 Å². The quantitative estimate of drug-likeness (QED) is 0.414. The highest BCUT2D eigenvalue weighted by Gasteiger charge is 2.21. The van der Waals surface area contributed by atoms with Crippen LogP contribution in [0.4, 0.5) is 0 Å². The Morgan fingerprint density at radius 1 is 1.25 bits per heavy atom. The van der Waals surface area contributed by atoms with E-state index in [4.69, 9.17) is 9.47 Å². The molecule has 1 aromatic rings. The first-order valence-corrected chi connectivity index (χ1v) is 8.47. The highest BCUT2D eigenvalue weighted by Crippen LogP contribution is 2.14. The topological polar surface area (TPSA) is 46.1 Å². The average molecular weight is 447 g/mol. The molecule has 0 amide bonds. The molecular formula is C18H30IN3O2. The minimum Gasteiger partial charge on any atom is -0.497 e. The van der Waals surface area contributed by atoms with Crippen LogP contribution in [0.15, 0.2) is 29.3 Å². The van der Waals surface area contributed by atoms with Crippen molar-refractivity contribution in [1.29, 1.82) is 0 Å². The van der Waals surface area contributed by atoms with Crippen molar-refractivity contribution < 1.29 is 9.47 Å². The van der Waals surface area contributed by atoms with E-state index >= 15 is 0 Å². The van der Waals surface area contributed by atoms with Crippen LogP contribution in [0.2, 0.25) is 0 Å². The first-order valence-electron chi connectivity index (χ1n) is 8.47. The van der Waals surface area contributed by atoms with Crippen molar-refractivity contribution in [3.8, 4) is 5.75 Å². The molecule has 1 fully saturated rings. The molecule has 1 heterocycles. The van der Waals surface area contributed by atoms with E-state index in [0.717, 1.165) is 57.2 Å². The van der Waals surface area contributed by atoms with Gasteiger partial charge in [0.2, 0.25) is 0 Å². The largest absolute Gasteiger partial charge is 0.497 e. The van der Waals surface area contributed by atoms with Crippen LogP contribution < -0.4 is 10.1 Å². The summed E-state index contributed by atoms with van der Waals surface area (Å²) in [4.78, 5) is 6.73. The van der Waals surface area contributed by atoms with Crippen molar-refractivity contribution in [3.05, 3.63) is 29.8 Å². The van der Waals surface area contributed by atoms with Crippen LogP contribution in [0.3, 0.4) is 0 Å². The molecule has 0 saturated carbocycles. The van der Waals surface area contributed by atoms with Crippen LogP contribution in [-0.4, -0.2) is 57.4 Å². The number of guanidine groups is 1. The summed E-state index contributed by atoms with van der Waals surface area (Å²) in [5, 5.41) is 3.47. The number of halogens is 1. The summed E-state index contributed by atoms with van der Waals surface area (Å²) in [6, 6.07) is 8.22. The van der Waals surface area contributed by atoms with E-state index in [0.29, 0.717) is 6.10 Å². The van der Waals surface area contributed by atoms with Crippen LogP contribution in [0, 0.1) is 0 Å². The van der Waals surface area contributed by atoms with Crippen LogP contribution in [0.1, 0.15) is 25.3 Å². The smallest absolute Gasteiger partial charge is 0.193 e. The second kappa shape index (κ2) is 11.5. The molecule has 1 aliphatic heterocycles. The molecule has 24 heavy (non-hydrogen) atoms. The fraction of sp³-hybridized carbons (Fsp3) is 0.611. The molecule has 0 bridgehead atoms. The summed E-state index contributed by atoms with van der Waals surface area (Å²) in [6.07, 6.45) is 3.53. The van der Waals surface area contributed by atoms with E-state index in [-0.39, 0.29) is 24.0 Å².